The first kappa shape index (κ1) is 16.9. The van der Waals surface area contributed by atoms with Gasteiger partial charge in [-0.05, 0) is 29.8 Å². The Labute approximate surface area is 144 Å². The largest absolute Gasteiger partial charge is 0.387 e. The van der Waals surface area contributed by atoms with Gasteiger partial charge in [-0.3, -0.25) is 4.98 Å². The SMILES string of the molecule is CN(C[C@@H](O)c1ccc(F)cc1)C(=O)Nc1cccc2cnccc12. The smallest absolute Gasteiger partial charge is 0.321 e. The van der Waals surface area contributed by atoms with E-state index in [0.29, 0.717) is 11.3 Å². The van der Waals surface area contributed by atoms with Gasteiger partial charge in [0, 0.05) is 30.2 Å². The first-order chi connectivity index (χ1) is 12.0. The van der Waals surface area contributed by atoms with Gasteiger partial charge in [0.15, 0.2) is 0 Å². The molecule has 6 heteroatoms. The fourth-order valence-corrected chi connectivity index (χ4v) is 2.57. The second-order valence-corrected chi connectivity index (χ2v) is 5.78. The van der Waals surface area contributed by atoms with E-state index in [4.69, 9.17) is 0 Å². The summed E-state index contributed by atoms with van der Waals surface area (Å²) < 4.78 is 13.0. The molecule has 0 aliphatic heterocycles. The Bertz CT molecular complexity index is 878. The maximum Gasteiger partial charge on any atom is 0.321 e. The first-order valence-electron chi connectivity index (χ1n) is 7.83. The van der Waals surface area contributed by atoms with Crippen LogP contribution in [0.15, 0.2) is 60.9 Å². The number of carbonyl (C=O) groups excluding carboxylic acids is 1. The lowest BCUT2D eigenvalue weighted by atomic mass is 10.1. The van der Waals surface area contributed by atoms with Crippen LogP contribution >= 0.6 is 0 Å². The molecular formula is C19H18FN3O2. The summed E-state index contributed by atoms with van der Waals surface area (Å²) in [5.41, 5.74) is 1.23. The molecule has 3 rings (SSSR count). The van der Waals surface area contributed by atoms with E-state index in [-0.39, 0.29) is 18.4 Å². The average Bonchev–Trinajstić information content (AvgIpc) is 2.62. The van der Waals surface area contributed by atoms with Crippen molar-refractivity contribution in [1.82, 2.24) is 9.88 Å². The van der Waals surface area contributed by atoms with Gasteiger partial charge in [0.05, 0.1) is 18.3 Å². The van der Waals surface area contributed by atoms with E-state index in [1.807, 2.05) is 24.3 Å². The van der Waals surface area contributed by atoms with E-state index < -0.39 is 6.10 Å². The molecule has 1 aromatic heterocycles. The molecule has 0 saturated heterocycles. The topological polar surface area (TPSA) is 65.5 Å². The summed E-state index contributed by atoms with van der Waals surface area (Å²) in [6, 6.07) is 12.6. The lowest BCUT2D eigenvalue weighted by Crippen LogP contribution is -2.34. The van der Waals surface area contributed by atoms with Crippen molar-refractivity contribution in [3.8, 4) is 0 Å². The van der Waals surface area contributed by atoms with Crippen LogP contribution in [-0.4, -0.2) is 34.6 Å². The highest BCUT2D eigenvalue weighted by atomic mass is 19.1. The number of halogens is 1. The quantitative estimate of drug-likeness (QED) is 0.764. The number of aliphatic hydroxyl groups is 1. The highest BCUT2D eigenvalue weighted by molar-refractivity contribution is 6.01. The maximum absolute atomic E-state index is 13.0. The van der Waals surface area contributed by atoms with Gasteiger partial charge in [0.25, 0.3) is 0 Å². The molecule has 25 heavy (non-hydrogen) atoms. The van der Waals surface area contributed by atoms with Gasteiger partial charge in [0.1, 0.15) is 5.82 Å². The molecule has 0 spiro atoms. The minimum Gasteiger partial charge on any atom is -0.387 e. The summed E-state index contributed by atoms with van der Waals surface area (Å²) >= 11 is 0. The van der Waals surface area contributed by atoms with Crippen molar-refractivity contribution in [1.29, 1.82) is 0 Å². The summed E-state index contributed by atoms with van der Waals surface area (Å²) in [6.45, 7) is 0.0871. The number of benzene rings is 2. The Morgan fingerprint density at radius 3 is 2.76 bits per heavy atom. The first-order valence-corrected chi connectivity index (χ1v) is 7.83. The lowest BCUT2D eigenvalue weighted by Gasteiger charge is -2.22. The van der Waals surface area contributed by atoms with Gasteiger partial charge >= 0.3 is 6.03 Å². The molecule has 5 nitrogen and oxygen atoms in total. The third-order valence-electron chi connectivity index (χ3n) is 3.97. The van der Waals surface area contributed by atoms with Crippen LogP contribution in [0.5, 0.6) is 0 Å². The number of amides is 2. The molecule has 0 unspecified atom stereocenters. The van der Waals surface area contributed by atoms with Gasteiger partial charge < -0.3 is 15.3 Å². The van der Waals surface area contributed by atoms with E-state index in [0.717, 1.165) is 10.8 Å². The molecule has 0 fully saturated rings. The van der Waals surface area contributed by atoms with E-state index >= 15 is 0 Å². The predicted octanol–water partition coefficient (Wildman–Crippen LogP) is 3.57. The lowest BCUT2D eigenvalue weighted by molar-refractivity contribution is 0.136. The minimum absolute atomic E-state index is 0.0871. The summed E-state index contributed by atoms with van der Waals surface area (Å²) in [5.74, 6) is -0.368. The Kier molecular flexibility index (Phi) is 4.90. The molecule has 3 aromatic rings. The van der Waals surface area contributed by atoms with Gasteiger partial charge in [0.2, 0.25) is 0 Å². The molecule has 0 aliphatic carbocycles. The Morgan fingerprint density at radius 2 is 2.00 bits per heavy atom. The normalized spacial score (nSPS) is 12.0. The highest BCUT2D eigenvalue weighted by Crippen LogP contribution is 2.22. The van der Waals surface area contributed by atoms with Crippen molar-refractivity contribution >= 4 is 22.5 Å². The van der Waals surface area contributed by atoms with Crippen molar-refractivity contribution in [2.45, 2.75) is 6.10 Å². The molecule has 0 bridgehead atoms. The standard InChI is InChI=1S/C19H18FN3O2/c1-23(12-18(24)13-5-7-15(20)8-6-13)19(25)22-17-4-2-3-14-11-21-10-9-16(14)17/h2-11,18,24H,12H2,1H3,(H,22,25)/t18-/m1/s1. The van der Waals surface area contributed by atoms with Crippen molar-refractivity contribution < 1.29 is 14.3 Å². The highest BCUT2D eigenvalue weighted by Gasteiger charge is 2.16. The third-order valence-corrected chi connectivity index (χ3v) is 3.97. The molecule has 128 valence electrons. The van der Waals surface area contributed by atoms with Crippen molar-refractivity contribution in [2.75, 3.05) is 18.9 Å². The summed E-state index contributed by atoms with van der Waals surface area (Å²) in [6.07, 6.45) is 2.50. The number of fused-ring (bicyclic) bond motifs is 1. The number of carbonyl (C=O) groups is 1. The zero-order valence-corrected chi connectivity index (χ0v) is 13.7. The number of pyridine rings is 1. The number of nitrogens with zero attached hydrogens (tertiary/aromatic N) is 2. The molecule has 2 N–H and O–H groups in total. The molecule has 2 aromatic carbocycles. The van der Waals surface area contributed by atoms with Crippen molar-refractivity contribution in [3.63, 3.8) is 0 Å². The molecule has 0 saturated carbocycles. The molecule has 0 radical (unpaired) electrons. The second-order valence-electron chi connectivity index (χ2n) is 5.78. The van der Waals surface area contributed by atoms with Crippen LogP contribution in [-0.2, 0) is 0 Å². The number of likely N-dealkylation sites (N-methyl/N-ethyl adjacent to an activating group) is 1. The number of aliphatic hydroxyl groups excluding tert-OH is 1. The number of urea groups is 1. The number of anilines is 1. The fourth-order valence-electron chi connectivity index (χ4n) is 2.57. The molecular weight excluding hydrogens is 321 g/mol. The van der Waals surface area contributed by atoms with E-state index in [1.165, 1.54) is 29.2 Å². The van der Waals surface area contributed by atoms with E-state index in [9.17, 15) is 14.3 Å². The van der Waals surface area contributed by atoms with Crippen molar-refractivity contribution in [3.05, 3.63) is 72.3 Å². The Hall–Kier alpha value is -2.99. The van der Waals surface area contributed by atoms with Gasteiger partial charge in [-0.2, -0.15) is 0 Å². The van der Waals surface area contributed by atoms with E-state index in [1.54, 1.807) is 19.4 Å². The average molecular weight is 339 g/mol. The molecule has 2 amide bonds. The van der Waals surface area contributed by atoms with E-state index in [2.05, 4.69) is 10.3 Å². The van der Waals surface area contributed by atoms with Gasteiger partial charge in [-0.15, -0.1) is 0 Å². The van der Waals surface area contributed by atoms with Crippen LogP contribution < -0.4 is 5.32 Å². The molecule has 1 atom stereocenters. The second kappa shape index (κ2) is 7.27. The molecule has 1 heterocycles. The Balaban J connectivity index is 1.69. The van der Waals surface area contributed by atoms with Crippen molar-refractivity contribution in [2.24, 2.45) is 0 Å². The summed E-state index contributed by atoms with van der Waals surface area (Å²) in [7, 11) is 1.59. The number of nitrogens with one attached hydrogen (secondary N) is 1. The maximum atomic E-state index is 13.0. The molecule has 0 aliphatic rings. The Morgan fingerprint density at radius 1 is 1.24 bits per heavy atom. The summed E-state index contributed by atoms with van der Waals surface area (Å²) in [4.78, 5) is 17.9. The number of hydrogen-bond acceptors (Lipinski definition) is 3. The zero-order valence-electron chi connectivity index (χ0n) is 13.7. The zero-order chi connectivity index (χ0) is 17.8. The van der Waals surface area contributed by atoms with Crippen LogP contribution in [0.3, 0.4) is 0 Å². The van der Waals surface area contributed by atoms with Crippen LogP contribution in [0.2, 0.25) is 0 Å². The number of hydrogen-bond donors (Lipinski definition) is 2. The predicted molar refractivity (Wildman–Crippen MR) is 94.8 cm³/mol. The van der Waals surface area contributed by atoms with Crippen LogP contribution in [0.4, 0.5) is 14.9 Å². The van der Waals surface area contributed by atoms with Crippen LogP contribution in [0.25, 0.3) is 10.8 Å². The van der Waals surface area contributed by atoms with Crippen LogP contribution in [0, 0.1) is 5.82 Å². The van der Waals surface area contributed by atoms with Crippen LogP contribution in [0.1, 0.15) is 11.7 Å². The monoisotopic (exact) mass is 339 g/mol. The summed E-state index contributed by atoms with van der Waals surface area (Å²) in [5, 5.41) is 14.9. The van der Waals surface area contributed by atoms with Gasteiger partial charge in [-0.25, -0.2) is 9.18 Å². The number of rotatable bonds is 4. The minimum atomic E-state index is -0.895. The van der Waals surface area contributed by atoms with Gasteiger partial charge in [-0.1, -0.05) is 24.3 Å². The number of aromatic nitrogens is 1. The fraction of sp³-hybridized carbons (Fsp3) is 0.158. The third kappa shape index (κ3) is 3.92.